The Bertz CT molecular complexity index is 1430. The summed E-state index contributed by atoms with van der Waals surface area (Å²) >= 11 is 0. The van der Waals surface area contributed by atoms with Crippen LogP contribution in [0.1, 0.15) is 13.0 Å². The van der Waals surface area contributed by atoms with Gasteiger partial charge in [-0.3, -0.25) is 23.7 Å². The fourth-order valence-electron chi connectivity index (χ4n) is 3.37. The lowest BCUT2D eigenvalue weighted by atomic mass is 10.2. The van der Waals surface area contributed by atoms with Gasteiger partial charge in [0.25, 0.3) is 5.56 Å². The van der Waals surface area contributed by atoms with E-state index in [2.05, 4.69) is 15.3 Å². The number of carbonyl (C=O) groups excluding carboxylic acids is 1. The first kappa shape index (κ1) is 19.3. The molecule has 2 heterocycles. The SMILES string of the molecule is C[C@@H](C(=O)NCCn1c(=O)c(=O)[nH]c2ccccc21)n1cnc2ccccc2c1=O. The van der Waals surface area contributed by atoms with Crippen LogP contribution < -0.4 is 22.0 Å². The third-order valence-electron chi connectivity index (χ3n) is 5.00. The average molecular weight is 405 g/mol. The van der Waals surface area contributed by atoms with Gasteiger partial charge >= 0.3 is 11.1 Å². The van der Waals surface area contributed by atoms with Crippen LogP contribution in [0.2, 0.25) is 0 Å². The van der Waals surface area contributed by atoms with Crippen LogP contribution in [0.3, 0.4) is 0 Å². The lowest BCUT2D eigenvalue weighted by Crippen LogP contribution is -2.41. The van der Waals surface area contributed by atoms with E-state index in [0.717, 1.165) is 0 Å². The number of H-pyrrole nitrogens is 1. The predicted octanol–water partition coefficient (Wildman–Crippen LogP) is 0.777. The van der Waals surface area contributed by atoms with Gasteiger partial charge in [0.1, 0.15) is 6.04 Å². The molecular formula is C21H19N5O4. The summed E-state index contributed by atoms with van der Waals surface area (Å²) in [7, 11) is 0. The lowest BCUT2D eigenvalue weighted by Gasteiger charge is -2.16. The van der Waals surface area contributed by atoms with E-state index in [0.29, 0.717) is 21.9 Å². The molecule has 30 heavy (non-hydrogen) atoms. The lowest BCUT2D eigenvalue weighted by molar-refractivity contribution is -0.123. The molecule has 1 atom stereocenters. The van der Waals surface area contributed by atoms with Gasteiger partial charge in [-0.05, 0) is 31.2 Å². The summed E-state index contributed by atoms with van der Waals surface area (Å²) < 4.78 is 2.59. The molecule has 0 unspecified atom stereocenters. The van der Waals surface area contributed by atoms with Crippen molar-refractivity contribution >= 4 is 27.8 Å². The van der Waals surface area contributed by atoms with E-state index >= 15 is 0 Å². The van der Waals surface area contributed by atoms with Crippen molar-refractivity contribution in [2.24, 2.45) is 0 Å². The molecule has 0 fully saturated rings. The third kappa shape index (κ3) is 3.41. The predicted molar refractivity (Wildman–Crippen MR) is 113 cm³/mol. The summed E-state index contributed by atoms with van der Waals surface area (Å²) in [5, 5.41) is 3.15. The Balaban J connectivity index is 1.52. The minimum absolute atomic E-state index is 0.117. The van der Waals surface area contributed by atoms with Gasteiger partial charge in [-0.2, -0.15) is 0 Å². The van der Waals surface area contributed by atoms with Crippen molar-refractivity contribution in [2.45, 2.75) is 19.5 Å². The van der Waals surface area contributed by atoms with Gasteiger partial charge in [0.05, 0.1) is 28.3 Å². The Morgan fingerprint density at radius 2 is 1.80 bits per heavy atom. The summed E-state index contributed by atoms with van der Waals surface area (Å²) in [5.41, 5.74) is -0.0463. The standard InChI is InChI=1S/C21H19N5O4/c1-13(26-12-23-15-7-3-2-6-14(15)20(26)29)18(27)22-10-11-25-17-9-5-4-8-16(17)24-19(28)21(25)30/h2-9,12-13H,10-11H2,1H3,(H,22,27)(H,24,28)/t13-/m0/s1. The van der Waals surface area contributed by atoms with Crippen LogP contribution in [0.15, 0.2) is 69.2 Å². The Morgan fingerprint density at radius 1 is 1.07 bits per heavy atom. The summed E-state index contributed by atoms with van der Waals surface area (Å²) in [6.45, 7) is 1.83. The maximum absolute atomic E-state index is 12.7. The molecule has 9 heteroatoms. The smallest absolute Gasteiger partial charge is 0.316 e. The number of aromatic amines is 1. The number of nitrogens with zero attached hydrogens (tertiary/aromatic N) is 3. The first-order valence-electron chi connectivity index (χ1n) is 9.43. The van der Waals surface area contributed by atoms with E-state index in [1.165, 1.54) is 15.5 Å². The second-order valence-electron chi connectivity index (χ2n) is 6.87. The van der Waals surface area contributed by atoms with E-state index in [1.54, 1.807) is 55.5 Å². The first-order chi connectivity index (χ1) is 14.5. The van der Waals surface area contributed by atoms with Gasteiger partial charge in [-0.15, -0.1) is 0 Å². The van der Waals surface area contributed by atoms with Gasteiger partial charge in [-0.25, -0.2) is 4.98 Å². The summed E-state index contributed by atoms with van der Waals surface area (Å²) in [6.07, 6.45) is 1.35. The minimum Gasteiger partial charge on any atom is -0.353 e. The number of fused-ring (bicyclic) bond motifs is 2. The quantitative estimate of drug-likeness (QED) is 0.476. The monoisotopic (exact) mass is 405 g/mol. The zero-order valence-electron chi connectivity index (χ0n) is 16.2. The van der Waals surface area contributed by atoms with Gasteiger partial charge in [-0.1, -0.05) is 24.3 Å². The van der Waals surface area contributed by atoms with Crippen molar-refractivity contribution in [2.75, 3.05) is 6.54 Å². The fraction of sp³-hybridized carbons (Fsp3) is 0.190. The molecule has 0 aliphatic rings. The highest BCUT2D eigenvalue weighted by atomic mass is 16.2. The van der Waals surface area contributed by atoms with Gasteiger partial charge in [0.2, 0.25) is 5.91 Å². The Kier molecular flexibility index (Phi) is 5.01. The van der Waals surface area contributed by atoms with E-state index in [1.807, 2.05) is 0 Å². The third-order valence-corrected chi connectivity index (χ3v) is 5.00. The fourth-order valence-corrected chi connectivity index (χ4v) is 3.37. The van der Waals surface area contributed by atoms with Gasteiger partial charge in [0.15, 0.2) is 0 Å². The van der Waals surface area contributed by atoms with Crippen LogP contribution in [-0.4, -0.2) is 31.6 Å². The van der Waals surface area contributed by atoms with Crippen molar-refractivity contribution < 1.29 is 4.79 Å². The summed E-state index contributed by atoms with van der Waals surface area (Å²) in [4.78, 5) is 56.1. The molecule has 0 saturated carbocycles. The van der Waals surface area contributed by atoms with Crippen molar-refractivity contribution in [3.8, 4) is 0 Å². The van der Waals surface area contributed by atoms with E-state index in [-0.39, 0.29) is 18.6 Å². The molecular weight excluding hydrogens is 386 g/mol. The number of hydrogen-bond donors (Lipinski definition) is 2. The van der Waals surface area contributed by atoms with Crippen molar-refractivity contribution in [3.05, 3.63) is 85.9 Å². The molecule has 1 amide bonds. The molecule has 2 N–H and O–H groups in total. The molecule has 2 aromatic heterocycles. The highest BCUT2D eigenvalue weighted by Crippen LogP contribution is 2.09. The van der Waals surface area contributed by atoms with Crippen molar-refractivity contribution in [1.82, 2.24) is 24.4 Å². The largest absolute Gasteiger partial charge is 0.353 e. The van der Waals surface area contributed by atoms with Crippen LogP contribution in [-0.2, 0) is 11.3 Å². The molecule has 2 aromatic carbocycles. The van der Waals surface area contributed by atoms with Crippen molar-refractivity contribution in [3.63, 3.8) is 0 Å². The Hall–Kier alpha value is -4.01. The second kappa shape index (κ2) is 7.78. The summed E-state index contributed by atoms with van der Waals surface area (Å²) in [5.74, 6) is -0.392. The number of hydrogen-bond acceptors (Lipinski definition) is 5. The molecule has 9 nitrogen and oxygen atoms in total. The molecule has 0 radical (unpaired) electrons. The highest BCUT2D eigenvalue weighted by Gasteiger charge is 2.17. The topological polar surface area (TPSA) is 119 Å². The van der Waals surface area contributed by atoms with E-state index in [9.17, 15) is 19.2 Å². The molecule has 0 aliphatic heterocycles. The Morgan fingerprint density at radius 3 is 2.63 bits per heavy atom. The number of amides is 1. The normalized spacial score (nSPS) is 12.2. The highest BCUT2D eigenvalue weighted by molar-refractivity contribution is 5.81. The molecule has 0 saturated heterocycles. The zero-order valence-corrected chi connectivity index (χ0v) is 16.2. The molecule has 0 bridgehead atoms. The Labute approximate surface area is 169 Å². The van der Waals surface area contributed by atoms with Crippen LogP contribution in [0.4, 0.5) is 0 Å². The van der Waals surface area contributed by atoms with Crippen LogP contribution in [0.25, 0.3) is 21.9 Å². The average Bonchev–Trinajstić information content (AvgIpc) is 2.76. The van der Waals surface area contributed by atoms with Gasteiger partial charge in [0, 0.05) is 13.1 Å². The number of nitrogens with one attached hydrogen (secondary N) is 2. The molecule has 0 aliphatic carbocycles. The van der Waals surface area contributed by atoms with Crippen LogP contribution in [0.5, 0.6) is 0 Å². The second-order valence-corrected chi connectivity index (χ2v) is 6.87. The molecule has 152 valence electrons. The first-order valence-corrected chi connectivity index (χ1v) is 9.43. The minimum atomic E-state index is -0.790. The van der Waals surface area contributed by atoms with Crippen molar-refractivity contribution in [1.29, 1.82) is 0 Å². The maximum atomic E-state index is 12.7. The maximum Gasteiger partial charge on any atom is 0.316 e. The molecule has 4 rings (SSSR count). The van der Waals surface area contributed by atoms with E-state index in [4.69, 9.17) is 0 Å². The number of aromatic nitrogens is 4. The van der Waals surface area contributed by atoms with Crippen LogP contribution in [0, 0.1) is 0 Å². The number of rotatable bonds is 5. The van der Waals surface area contributed by atoms with Gasteiger partial charge < -0.3 is 14.9 Å². The number of carbonyl (C=O) groups is 1. The summed E-state index contributed by atoms with van der Waals surface area (Å²) in [6, 6.07) is 13.1. The van der Waals surface area contributed by atoms with E-state index < -0.39 is 23.1 Å². The number of para-hydroxylation sites is 3. The molecule has 0 spiro atoms. The van der Waals surface area contributed by atoms with Crippen LogP contribution >= 0.6 is 0 Å². The number of benzene rings is 2. The molecule has 4 aromatic rings. The zero-order chi connectivity index (χ0) is 21.3.